The zero-order chi connectivity index (χ0) is 14.7. The molecule has 1 aliphatic heterocycles. The third kappa shape index (κ3) is 3.31. The van der Waals surface area contributed by atoms with Crippen molar-refractivity contribution in [1.29, 1.82) is 0 Å². The van der Waals surface area contributed by atoms with Crippen LogP contribution in [0.25, 0.3) is 0 Å². The van der Waals surface area contributed by atoms with Crippen LogP contribution in [0.4, 0.5) is 10.1 Å². The molecule has 0 saturated heterocycles. The van der Waals surface area contributed by atoms with Gasteiger partial charge in [0.05, 0.1) is 12.6 Å². The summed E-state index contributed by atoms with van der Waals surface area (Å²) in [6, 6.07) is 14.2. The zero-order valence-electron chi connectivity index (χ0n) is 11.3. The molecular formula is C16H15FN2OS. The lowest BCUT2D eigenvalue weighted by atomic mass is 10.0. The van der Waals surface area contributed by atoms with Gasteiger partial charge in [-0.15, -0.1) is 0 Å². The summed E-state index contributed by atoms with van der Waals surface area (Å²) in [4.78, 5) is 0. The number of ether oxygens (including phenoxy) is 1. The number of para-hydroxylation sites is 1. The van der Waals surface area contributed by atoms with Crippen LogP contribution in [0, 0.1) is 5.82 Å². The van der Waals surface area contributed by atoms with E-state index in [1.165, 1.54) is 12.1 Å². The molecule has 3 nitrogen and oxygen atoms in total. The van der Waals surface area contributed by atoms with E-state index in [1.807, 2.05) is 24.3 Å². The first kappa shape index (κ1) is 13.8. The molecule has 0 aromatic heterocycles. The maximum absolute atomic E-state index is 12.9. The predicted octanol–water partition coefficient (Wildman–Crippen LogP) is 3.64. The summed E-state index contributed by atoms with van der Waals surface area (Å²) in [5.74, 6) is 0.628. The first-order chi connectivity index (χ1) is 10.2. The van der Waals surface area contributed by atoms with Crippen molar-refractivity contribution in [3.8, 4) is 5.75 Å². The van der Waals surface area contributed by atoms with Crippen LogP contribution in [0.5, 0.6) is 5.75 Å². The number of fused-ring (bicyclic) bond motifs is 1. The summed E-state index contributed by atoms with van der Waals surface area (Å²) in [6.07, 6.45) is 0.849. The second-order valence-corrected chi connectivity index (χ2v) is 5.24. The third-order valence-electron chi connectivity index (χ3n) is 3.37. The molecule has 1 heterocycles. The largest absolute Gasteiger partial charge is 0.493 e. The van der Waals surface area contributed by atoms with Crippen LogP contribution in [0.15, 0.2) is 48.5 Å². The quantitative estimate of drug-likeness (QED) is 0.830. The lowest BCUT2D eigenvalue weighted by Crippen LogP contribution is -2.35. The van der Waals surface area contributed by atoms with Gasteiger partial charge in [0.1, 0.15) is 11.6 Å². The molecule has 2 aromatic carbocycles. The minimum Gasteiger partial charge on any atom is -0.493 e. The van der Waals surface area contributed by atoms with E-state index >= 15 is 0 Å². The van der Waals surface area contributed by atoms with Crippen LogP contribution in [-0.2, 0) is 0 Å². The van der Waals surface area contributed by atoms with Crippen LogP contribution in [0.1, 0.15) is 18.0 Å². The van der Waals surface area contributed by atoms with Gasteiger partial charge < -0.3 is 15.4 Å². The number of thiocarbonyl (C=S) groups is 1. The second-order valence-electron chi connectivity index (χ2n) is 4.83. The molecule has 108 valence electrons. The highest BCUT2D eigenvalue weighted by Gasteiger charge is 2.21. The van der Waals surface area contributed by atoms with Gasteiger partial charge in [0.25, 0.3) is 0 Å². The molecule has 2 N–H and O–H groups in total. The van der Waals surface area contributed by atoms with E-state index in [-0.39, 0.29) is 11.9 Å². The predicted molar refractivity (Wildman–Crippen MR) is 85.1 cm³/mol. The van der Waals surface area contributed by atoms with Gasteiger partial charge in [-0.2, -0.15) is 0 Å². The average molecular weight is 302 g/mol. The van der Waals surface area contributed by atoms with Crippen molar-refractivity contribution >= 4 is 23.0 Å². The second kappa shape index (κ2) is 6.10. The molecule has 5 heteroatoms. The fourth-order valence-corrected chi connectivity index (χ4v) is 2.61. The number of anilines is 1. The Labute approximate surface area is 128 Å². The maximum Gasteiger partial charge on any atom is 0.171 e. The van der Waals surface area contributed by atoms with Crippen LogP contribution >= 0.6 is 12.2 Å². The summed E-state index contributed by atoms with van der Waals surface area (Å²) in [7, 11) is 0. The van der Waals surface area contributed by atoms with Gasteiger partial charge in [0.2, 0.25) is 0 Å². The number of rotatable bonds is 2. The zero-order valence-corrected chi connectivity index (χ0v) is 12.1. The SMILES string of the molecule is Fc1ccc(NC(=S)N[C@H]2CCOc3ccccc32)cc1. The lowest BCUT2D eigenvalue weighted by molar-refractivity contribution is 0.262. The molecular weight excluding hydrogens is 287 g/mol. The Morgan fingerprint density at radius 1 is 1.14 bits per heavy atom. The summed E-state index contributed by atoms with van der Waals surface area (Å²) in [5.41, 5.74) is 1.86. The van der Waals surface area contributed by atoms with Crippen molar-refractivity contribution in [2.45, 2.75) is 12.5 Å². The van der Waals surface area contributed by atoms with Crippen molar-refractivity contribution in [3.63, 3.8) is 0 Å². The highest BCUT2D eigenvalue weighted by Crippen LogP contribution is 2.31. The summed E-state index contributed by atoms with van der Waals surface area (Å²) in [5, 5.41) is 6.86. The molecule has 0 aliphatic carbocycles. The van der Waals surface area contributed by atoms with Crippen LogP contribution in [0.2, 0.25) is 0 Å². The summed E-state index contributed by atoms with van der Waals surface area (Å²) >= 11 is 5.32. The molecule has 2 aromatic rings. The summed E-state index contributed by atoms with van der Waals surface area (Å²) < 4.78 is 18.5. The van der Waals surface area contributed by atoms with Crippen molar-refractivity contribution in [1.82, 2.24) is 5.32 Å². The van der Waals surface area contributed by atoms with E-state index in [1.54, 1.807) is 12.1 Å². The summed E-state index contributed by atoms with van der Waals surface area (Å²) in [6.45, 7) is 0.661. The monoisotopic (exact) mass is 302 g/mol. The molecule has 1 aliphatic rings. The Balaban J connectivity index is 1.67. The Bertz CT molecular complexity index is 645. The van der Waals surface area contributed by atoms with Crippen LogP contribution in [0.3, 0.4) is 0 Å². The van der Waals surface area contributed by atoms with Gasteiger partial charge in [-0.25, -0.2) is 4.39 Å². The number of nitrogens with one attached hydrogen (secondary N) is 2. The van der Waals surface area contributed by atoms with Gasteiger partial charge in [0.15, 0.2) is 5.11 Å². The van der Waals surface area contributed by atoms with Crippen molar-refractivity contribution < 1.29 is 9.13 Å². The van der Waals surface area contributed by atoms with E-state index in [2.05, 4.69) is 10.6 Å². The van der Waals surface area contributed by atoms with Crippen molar-refractivity contribution in [3.05, 3.63) is 59.9 Å². The minimum atomic E-state index is -0.266. The van der Waals surface area contributed by atoms with E-state index < -0.39 is 0 Å². The number of hydrogen-bond donors (Lipinski definition) is 2. The van der Waals surface area contributed by atoms with E-state index in [0.29, 0.717) is 11.7 Å². The molecule has 1 atom stereocenters. The molecule has 0 radical (unpaired) electrons. The number of benzene rings is 2. The van der Waals surface area contributed by atoms with Crippen molar-refractivity contribution in [2.24, 2.45) is 0 Å². The smallest absolute Gasteiger partial charge is 0.171 e. The number of halogens is 1. The molecule has 0 unspecified atom stereocenters. The van der Waals surface area contributed by atoms with Gasteiger partial charge in [0, 0.05) is 17.7 Å². The van der Waals surface area contributed by atoms with E-state index in [9.17, 15) is 4.39 Å². The number of hydrogen-bond acceptors (Lipinski definition) is 2. The highest BCUT2D eigenvalue weighted by molar-refractivity contribution is 7.80. The molecule has 0 saturated carbocycles. The van der Waals surface area contributed by atoms with E-state index in [4.69, 9.17) is 17.0 Å². The van der Waals surface area contributed by atoms with Crippen LogP contribution < -0.4 is 15.4 Å². The van der Waals surface area contributed by atoms with Crippen LogP contribution in [-0.4, -0.2) is 11.7 Å². The fraction of sp³-hybridized carbons (Fsp3) is 0.188. The molecule has 0 amide bonds. The first-order valence-electron chi connectivity index (χ1n) is 6.77. The average Bonchev–Trinajstić information content (AvgIpc) is 2.50. The Hall–Kier alpha value is -2.14. The van der Waals surface area contributed by atoms with Gasteiger partial charge in [-0.1, -0.05) is 18.2 Å². The van der Waals surface area contributed by atoms with Gasteiger partial charge in [-0.05, 0) is 42.5 Å². The molecule has 0 fully saturated rings. The Morgan fingerprint density at radius 2 is 1.90 bits per heavy atom. The topological polar surface area (TPSA) is 33.3 Å². The molecule has 0 bridgehead atoms. The van der Waals surface area contributed by atoms with E-state index in [0.717, 1.165) is 23.4 Å². The maximum atomic E-state index is 12.9. The fourth-order valence-electron chi connectivity index (χ4n) is 2.35. The minimum absolute atomic E-state index is 0.121. The lowest BCUT2D eigenvalue weighted by Gasteiger charge is -2.27. The van der Waals surface area contributed by atoms with Crippen molar-refractivity contribution in [2.75, 3.05) is 11.9 Å². The first-order valence-corrected chi connectivity index (χ1v) is 7.18. The van der Waals surface area contributed by atoms with Gasteiger partial charge >= 0.3 is 0 Å². The third-order valence-corrected chi connectivity index (χ3v) is 3.59. The molecule has 3 rings (SSSR count). The molecule has 0 spiro atoms. The molecule has 21 heavy (non-hydrogen) atoms. The Morgan fingerprint density at radius 3 is 2.71 bits per heavy atom. The Kier molecular flexibility index (Phi) is 4.01. The normalized spacial score (nSPS) is 16.5. The highest BCUT2D eigenvalue weighted by atomic mass is 32.1. The van der Waals surface area contributed by atoms with Gasteiger partial charge in [-0.3, -0.25) is 0 Å². The standard InChI is InChI=1S/C16H15FN2OS/c17-11-5-7-12(8-6-11)18-16(21)19-14-9-10-20-15-4-2-1-3-13(14)15/h1-8,14H,9-10H2,(H2,18,19,21)/t14-/m0/s1.